The second-order valence-electron chi connectivity index (χ2n) is 6.87. The molecule has 0 spiro atoms. The second-order valence-corrected chi connectivity index (χ2v) is 6.87. The highest BCUT2D eigenvalue weighted by Gasteiger charge is 2.25. The second kappa shape index (κ2) is 7.38. The third-order valence-corrected chi connectivity index (χ3v) is 5.07. The van der Waals surface area contributed by atoms with Gasteiger partial charge in [0.15, 0.2) is 11.6 Å². The highest BCUT2D eigenvalue weighted by atomic mass is 19.2. The number of nitrogens with one attached hydrogen (secondary N) is 1. The number of hydrogen-bond acceptors (Lipinski definition) is 5. The van der Waals surface area contributed by atoms with Gasteiger partial charge >= 0.3 is 5.69 Å². The molecule has 6 nitrogen and oxygen atoms in total. The predicted octanol–water partition coefficient (Wildman–Crippen LogP) is 4.36. The van der Waals surface area contributed by atoms with Crippen molar-refractivity contribution in [2.45, 2.75) is 6.42 Å². The number of benzene rings is 2. The Morgan fingerprint density at radius 2 is 2.07 bits per heavy atom. The van der Waals surface area contributed by atoms with Crippen LogP contribution in [0.1, 0.15) is 6.42 Å². The van der Waals surface area contributed by atoms with Gasteiger partial charge in [-0.25, -0.2) is 8.78 Å². The van der Waals surface area contributed by atoms with E-state index in [-0.39, 0.29) is 11.6 Å². The summed E-state index contributed by atoms with van der Waals surface area (Å²) >= 11 is 0. The first kappa shape index (κ1) is 18.1. The SMILES string of the molecule is O=[N+]([O-])c1c(NCC2CCN(c3ccc(F)c(F)c3)C2)ccc2ncccc12. The van der Waals surface area contributed by atoms with E-state index in [1.54, 1.807) is 36.5 Å². The predicted molar refractivity (Wildman–Crippen MR) is 104 cm³/mol. The summed E-state index contributed by atoms with van der Waals surface area (Å²) in [6, 6.07) is 10.7. The van der Waals surface area contributed by atoms with Crippen molar-refractivity contribution in [2.24, 2.45) is 5.92 Å². The Bertz CT molecular complexity index is 1040. The highest BCUT2D eigenvalue weighted by Crippen LogP contribution is 2.33. The molecule has 1 saturated heterocycles. The molecule has 8 heteroatoms. The maximum Gasteiger partial charge on any atom is 0.301 e. The lowest BCUT2D eigenvalue weighted by molar-refractivity contribution is -0.382. The van der Waals surface area contributed by atoms with Gasteiger partial charge in [-0.05, 0) is 48.7 Å². The monoisotopic (exact) mass is 384 g/mol. The summed E-state index contributed by atoms with van der Waals surface area (Å²) in [6.45, 7) is 1.94. The first-order valence-corrected chi connectivity index (χ1v) is 8.99. The standard InChI is InChI=1S/C20H18F2N4O2/c21-16-4-3-14(10-17(16)22)25-9-7-13(12-25)11-24-19-6-5-18-15(2-1-8-23-18)20(19)26(27)28/h1-6,8,10,13,24H,7,9,11-12H2. The fourth-order valence-corrected chi connectivity index (χ4v) is 3.65. The lowest BCUT2D eigenvalue weighted by atomic mass is 10.1. The fraction of sp³-hybridized carbons (Fsp3) is 0.250. The molecule has 144 valence electrons. The molecule has 0 aliphatic carbocycles. The number of anilines is 2. The van der Waals surface area contributed by atoms with Crippen molar-refractivity contribution in [3.05, 3.63) is 70.4 Å². The molecule has 1 aromatic heterocycles. The molecule has 2 aromatic carbocycles. The van der Waals surface area contributed by atoms with Crippen molar-refractivity contribution in [3.8, 4) is 0 Å². The minimum atomic E-state index is -0.862. The summed E-state index contributed by atoms with van der Waals surface area (Å²) in [6.07, 6.45) is 2.46. The van der Waals surface area contributed by atoms with E-state index in [9.17, 15) is 18.9 Å². The number of nitro benzene ring substituents is 1. The topological polar surface area (TPSA) is 71.3 Å². The van der Waals surface area contributed by atoms with Crippen molar-refractivity contribution < 1.29 is 13.7 Å². The van der Waals surface area contributed by atoms with E-state index in [2.05, 4.69) is 10.3 Å². The van der Waals surface area contributed by atoms with Gasteiger partial charge in [0.25, 0.3) is 0 Å². The molecule has 4 rings (SSSR count). The van der Waals surface area contributed by atoms with E-state index in [4.69, 9.17) is 0 Å². The average Bonchev–Trinajstić information content (AvgIpc) is 3.16. The largest absolute Gasteiger partial charge is 0.379 e. The molecule has 1 atom stereocenters. The van der Waals surface area contributed by atoms with E-state index < -0.39 is 16.6 Å². The van der Waals surface area contributed by atoms with Crippen LogP contribution in [-0.4, -0.2) is 29.5 Å². The number of fused-ring (bicyclic) bond motifs is 1. The summed E-state index contributed by atoms with van der Waals surface area (Å²) in [5, 5.41) is 15.3. The number of aromatic nitrogens is 1. The van der Waals surface area contributed by atoms with Crippen molar-refractivity contribution in [3.63, 3.8) is 0 Å². The van der Waals surface area contributed by atoms with Crippen LogP contribution in [0.5, 0.6) is 0 Å². The smallest absolute Gasteiger partial charge is 0.301 e. The molecule has 1 aliphatic heterocycles. The van der Waals surface area contributed by atoms with Gasteiger partial charge in [0.2, 0.25) is 0 Å². The minimum Gasteiger partial charge on any atom is -0.379 e. The molecular weight excluding hydrogens is 366 g/mol. The van der Waals surface area contributed by atoms with E-state index in [0.717, 1.165) is 19.0 Å². The molecule has 1 unspecified atom stereocenters. The number of pyridine rings is 1. The zero-order valence-corrected chi connectivity index (χ0v) is 14.9. The van der Waals surface area contributed by atoms with Gasteiger partial charge < -0.3 is 10.2 Å². The molecule has 3 aromatic rings. The van der Waals surface area contributed by atoms with Gasteiger partial charge in [0.05, 0.1) is 15.8 Å². The van der Waals surface area contributed by atoms with E-state index in [0.29, 0.717) is 35.4 Å². The van der Waals surface area contributed by atoms with Crippen molar-refractivity contribution in [1.82, 2.24) is 4.98 Å². The average molecular weight is 384 g/mol. The number of nitrogens with zero attached hydrogens (tertiary/aromatic N) is 3. The molecule has 0 bridgehead atoms. The third-order valence-electron chi connectivity index (χ3n) is 5.07. The minimum absolute atomic E-state index is 0.0149. The van der Waals surface area contributed by atoms with Crippen LogP contribution < -0.4 is 10.2 Å². The van der Waals surface area contributed by atoms with E-state index in [1.165, 1.54) is 6.07 Å². The Kier molecular flexibility index (Phi) is 4.77. The van der Waals surface area contributed by atoms with Crippen LogP contribution in [0.4, 0.5) is 25.8 Å². The molecule has 1 aliphatic rings. The Morgan fingerprint density at radius 3 is 2.86 bits per heavy atom. The first-order chi connectivity index (χ1) is 13.5. The highest BCUT2D eigenvalue weighted by molar-refractivity contribution is 5.94. The summed E-state index contributed by atoms with van der Waals surface area (Å²) in [5.41, 5.74) is 1.69. The van der Waals surface area contributed by atoms with Gasteiger partial charge in [-0.2, -0.15) is 0 Å². The number of nitro groups is 1. The maximum atomic E-state index is 13.5. The van der Waals surface area contributed by atoms with Crippen molar-refractivity contribution in [1.29, 1.82) is 0 Å². The van der Waals surface area contributed by atoms with Crippen LogP contribution in [-0.2, 0) is 0 Å². The van der Waals surface area contributed by atoms with Gasteiger partial charge in [-0.3, -0.25) is 15.1 Å². The molecule has 0 saturated carbocycles. The maximum absolute atomic E-state index is 13.5. The van der Waals surface area contributed by atoms with E-state index >= 15 is 0 Å². The summed E-state index contributed by atoms with van der Waals surface area (Å²) in [7, 11) is 0. The summed E-state index contributed by atoms with van der Waals surface area (Å²) < 4.78 is 26.6. The fourth-order valence-electron chi connectivity index (χ4n) is 3.65. The summed E-state index contributed by atoms with van der Waals surface area (Å²) in [5.74, 6) is -1.49. The number of halogens is 2. The summed E-state index contributed by atoms with van der Waals surface area (Å²) in [4.78, 5) is 17.4. The van der Waals surface area contributed by atoms with Crippen LogP contribution in [0.2, 0.25) is 0 Å². The molecule has 0 radical (unpaired) electrons. The zero-order valence-electron chi connectivity index (χ0n) is 14.9. The molecule has 1 N–H and O–H groups in total. The van der Waals surface area contributed by atoms with Crippen molar-refractivity contribution in [2.75, 3.05) is 29.9 Å². The normalized spacial score (nSPS) is 16.5. The Hall–Kier alpha value is -3.29. The Labute approximate surface area is 160 Å². The molecule has 1 fully saturated rings. The number of rotatable bonds is 5. The van der Waals surface area contributed by atoms with Crippen LogP contribution in [0.15, 0.2) is 48.7 Å². The van der Waals surface area contributed by atoms with Crippen LogP contribution in [0, 0.1) is 27.7 Å². The first-order valence-electron chi connectivity index (χ1n) is 8.99. The molecule has 0 amide bonds. The van der Waals surface area contributed by atoms with E-state index in [1.807, 2.05) is 4.90 Å². The van der Waals surface area contributed by atoms with Gasteiger partial charge in [0.1, 0.15) is 5.69 Å². The lowest BCUT2D eigenvalue weighted by Gasteiger charge is -2.19. The van der Waals surface area contributed by atoms with Crippen LogP contribution in [0.3, 0.4) is 0 Å². The molecule has 28 heavy (non-hydrogen) atoms. The quantitative estimate of drug-likeness (QED) is 0.523. The molecule has 2 heterocycles. The van der Waals surface area contributed by atoms with Crippen LogP contribution in [0.25, 0.3) is 10.9 Å². The number of hydrogen-bond donors (Lipinski definition) is 1. The van der Waals surface area contributed by atoms with Crippen LogP contribution >= 0.6 is 0 Å². The molecular formula is C20H18F2N4O2. The lowest BCUT2D eigenvalue weighted by Crippen LogP contribution is -2.22. The van der Waals surface area contributed by atoms with Gasteiger partial charge in [-0.15, -0.1) is 0 Å². The Morgan fingerprint density at radius 1 is 1.21 bits per heavy atom. The zero-order chi connectivity index (χ0) is 19.7. The van der Waals surface area contributed by atoms with Crippen molar-refractivity contribution >= 4 is 28.0 Å². The third kappa shape index (κ3) is 3.45. The Balaban J connectivity index is 1.47. The van der Waals surface area contributed by atoms with Gasteiger partial charge in [0, 0.05) is 37.6 Å². The van der Waals surface area contributed by atoms with Gasteiger partial charge in [-0.1, -0.05) is 0 Å².